The Morgan fingerprint density at radius 2 is 2.18 bits per heavy atom. The Bertz CT molecular complexity index is 966. The number of hydrogen-bond donors (Lipinski definition) is 3. The number of hydrogen-bond acceptors (Lipinski definition) is 6. The highest BCUT2D eigenvalue weighted by molar-refractivity contribution is 5.63. The summed E-state index contributed by atoms with van der Waals surface area (Å²) in [7, 11) is 0. The molecule has 0 aliphatic heterocycles. The molecule has 28 heavy (non-hydrogen) atoms. The molecule has 1 saturated carbocycles. The van der Waals surface area contributed by atoms with Gasteiger partial charge >= 0.3 is 0 Å². The molecular weight excluding hydrogens is 350 g/mol. The summed E-state index contributed by atoms with van der Waals surface area (Å²) in [6.07, 6.45) is 6.04. The normalized spacial score (nSPS) is 21.9. The van der Waals surface area contributed by atoms with E-state index in [2.05, 4.69) is 57.0 Å². The first-order chi connectivity index (χ1) is 13.5. The molecule has 6 heteroatoms. The molecular formula is C22H27N5O. The largest absolute Gasteiger partial charge is 0.392 e. The first kappa shape index (κ1) is 18.5. The van der Waals surface area contributed by atoms with Crippen molar-refractivity contribution in [3.63, 3.8) is 0 Å². The van der Waals surface area contributed by atoms with Gasteiger partial charge in [0.05, 0.1) is 12.3 Å². The van der Waals surface area contributed by atoms with E-state index in [1.54, 1.807) is 6.20 Å². The van der Waals surface area contributed by atoms with Crippen molar-refractivity contribution in [2.45, 2.75) is 45.3 Å². The van der Waals surface area contributed by atoms with Gasteiger partial charge in [-0.15, -0.1) is 0 Å². The van der Waals surface area contributed by atoms with Crippen molar-refractivity contribution in [1.82, 2.24) is 9.97 Å². The maximum Gasteiger partial charge on any atom is 0.224 e. The van der Waals surface area contributed by atoms with E-state index in [0.29, 0.717) is 23.8 Å². The van der Waals surface area contributed by atoms with Crippen LogP contribution in [0.1, 0.15) is 44.8 Å². The summed E-state index contributed by atoms with van der Waals surface area (Å²) < 4.78 is 0. The van der Waals surface area contributed by atoms with Crippen molar-refractivity contribution in [2.75, 3.05) is 17.2 Å². The number of aliphatic hydroxyl groups is 1. The van der Waals surface area contributed by atoms with E-state index in [0.717, 1.165) is 19.4 Å². The summed E-state index contributed by atoms with van der Waals surface area (Å²) in [4.78, 5) is 8.77. The molecule has 4 rings (SSSR count). The highest BCUT2D eigenvalue weighted by Gasteiger charge is 2.47. The van der Waals surface area contributed by atoms with Crippen LogP contribution in [0.2, 0.25) is 0 Å². The smallest absolute Gasteiger partial charge is 0.224 e. The van der Waals surface area contributed by atoms with Crippen LogP contribution < -0.4 is 10.6 Å². The number of fused-ring (bicyclic) bond motifs is 1. The van der Waals surface area contributed by atoms with Crippen LogP contribution in [0.15, 0.2) is 36.0 Å². The number of aromatic nitrogens is 2. The molecule has 2 aliphatic rings. The molecule has 3 N–H and O–H groups in total. The Labute approximate surface area is 166 Å². The van der Waals surface area contributed by atoms with E-state index in [1.165, 1.54) is 16.7 Å². The molecule has 1 heterocycles. The van der Waals surface area contributed by atoms with Crippen molar-refractivity contribution in [3.8, 4) is 6.07 Å². The summed E-state index contributed by atoms with van der Waals surface area (Å²) >= 11 is 0. The van der Waals surface area contributed by atoms with Crippen LogP contribution in [0.5, 0.6) is 0 Å². The highest BCUT2D eigenvalue weighted by Crippen LogP contribution is 2.42. The lowest BCUT2D eigenvalue weighted by molar-refractivity contribution is -0.0511. The summed E-state index contributed by atoms with van der Waals surface area (Å²) in [5.41, 5.74) is 4.25. The first-order valence-electron chi connectivity index (χ1n) is 9.70. The van der Waals surface area contributed by atoms with E-state index in [4.69, 9.17) is 0 Å². The maximum atomic E-state index is 9.93. The Morgan fingerprint density at radius 3 is 2.89 bits per heavy atom. The van der Waals surface area contributed by atoms with Gasteiger partial charge in [0.1, 0.15) is 17.5 Å². The zero-order chi connectivity index (χ0) is 19.7. The number of anilines is 2. The van der Waals surface area contributed by atoms with E-state index >= 15 is 0 Å². The molecule has 1 aromatic carbocycles. The number of aliphatic hydroxyl groups excluding tert-OH is 1. The Kier molecular flexibility index (Phi) is 4.78. The number of rotatable bonds is 6. The predicted octanol–water partition coefficient (Wildman–Crippen LogP) is 3.61. The second-order valence-corrected chi connectivity index (χ2v) is 8.19. The Balaban J connectivity index is 0.00000240. The van der Waals surface area contributed by atoms with Crippen LogP contribution in [0.3, 0.4) is 0 Å². The maximum absolute atomic E-state index is 9.93. The van der Waals surface area contributed by atoms with Gasteiger partial charge in [0.25, 0.3) is 0 Å². The van der Waals surface area contributed by atoms with Gasteiger partial charge in [-0.3, -0.25) is 0 Å². The van der Waals surface area contributed by atoms with Crippen molar-refractivity contribution < 1.29 is 6.53 Å². The average molecular weight is 377 g/mol. The van der Waals surface area contributed by atoms with Crippen LogP contribution in [0.25, 0.3) is 6.08 Å². The van der Waals surface area contributed by atoms with Crippen molar-refractivity contribution >= 4 is 17.8 Å². The van der Waals surface area contributed by atoms with Crippen LogP contribution in [0.4, 0.5) is 11.8 Å². The topological polar surface area (TPSA) is 93.9 Å². The summed E-state index contributed by atoms with van der Waals surface area (Å²) in [6, 6.07) is 10.7. The molecule has 2 aliphatic carbocycles. The SMILES string of the molecule is CC1(C)C(O)C[C@H]1Nc1nc(NCCC2=Cc3ccccc3C2)ncc1C#N.[HH]. The molecule has 1 unspecified atom stereocenters. The van der Waals surface area contributed by atoms with E-state index < -0.39 is 0 Å². The number of nitrogens with one attached hydrogen (secondary N) is 2. The molecule has 1 aromatic heterocycles. The molecule has 2 aromatic rings. The van der Waals surface area contributed by atoms with Crippen molar-refractivity contribution in [2.24, 2.45) is 5.41 Å². The zero-order valence-electron chi connectivity index (χ0n) is 16.2. The lowest BCUT2D eigenvalue weighted by Gasteiger charge is -2.49. The standard InChI is InChI=1S/C22H25N5O.H2/c1-22(2)18(11-19(22)28)26-20-17(12-23)13-25-21(27-20)24-8-7-14-9-15-5-3-4-6-16(15)10-14;/h3-6,9,13,18-19,28H,7-8,10-11H2,1-2H3,(H2,24,25,26,27);1H/t18-,19?;/m1./s1. The minimum Gasteiger partial charge on any atom is -0.392 e. The van der Waals surface area contributed by atoms with Gasteiger partial charge in [-0.25, -0.2) is 4.98 Å². The molecule has 0 saturated heterocycles. The summed E-state index contributed by atoms with van der Waals surface area (Å²) in [5.74, 6) is 1.03. The minimum atomic E-state index is -0.334. The van der Waals surface area contributed by atoms with Crippen LogP contribution in [0, 0.1) is 16.7 Å². The monoisotopic (exact) mass is 377 g/mol. The van der Waals surface area contributed by atoms with Crippen LogP contribution >= 0.6 is 0 Å². The quantitative estimate of drug-likeness (QED) is 0.712. The number of nitrogens with zero attached hydrogens (tertiary/aromatic N) is 3. The van der Waals surface area contributed by atoms with E-state index in [9.17, 15) is 10.4 Å². The fourth-order valence-corrected chi connectivity index (χ4v) is 3.82. The fourth-order valence-electron chi connectivity index (χ4n) is 3.82. The number of benzene rings is 1. The molecule has 2 atom stereocenters. The lowest BCUT2D eigenvalue weighted by atomic mass is 9.64. The van der Waals surface area contributed by atoms with Crippen LogP contribution in [-0.4, -0.2) is 33.8 Å². The van der Waals surface area contributed by atoms with E-state index in [1.807, 2.05) is 13.8 Å². The van der Waals surface area contributed by atoms with Gasteiger partial charge in [-0.1, -0.05) is 49.8 Å². The van der Waals surface area contributed by atoms with Gasteiger partial charge in [0, 0.05) is 19.4 Å². The second-order valence-electron chi connectivity index (χ2n) is 8.19. The minimum absolute atomic E-state index is 0. The van der Waals surface area contributed by atoms with Gasteiger partial charge in [-0.05, 0) is 30.4 Å². The highest BCUT2D eigenvalue weighted by atomic mass is 16.3. The van der Waals surface area contributed by atoms with Gasteiger partial charge in [-0.2, -0.15) is 10.2 Å². The molecule has 146 valence electrons. The van der Waals surface area contributed by atoms with Crippen LogP contribution in [-0.2, 0) is 6.42 Å². The molecule has 1 fully saturated rings. The third-order valence-corrected chi connectivity index (χ3v) is 6.00. The van der Waals surface area contributed by atoms with Crippen molar-refractivity contribution in [3.05, 3.63) is 52.7 Å². The average Bonchev–Trinajstić information content (AvgIpc) is 3.11. The second kappa shape index (κ2) is 7.25. The summed E-state index contributed by atoms with van der Waals surface area (Å²) in [5, 5.41) is 25.9. The van der Waals surface area contributed by atoms with Crippen molar-refractivity contribution in [1.29, 1.82) is 5.26 Å². The molecule has 0 bridgehead atoms. The van der Waals surface area contributed by atoms with Gasteiger partial charge in [0.15, 0.2) is 0 Å². The molecule has 0 radical (unpaired) electrons. The first-order valence-corrected chi connectivity index (χ1v) is 9.70. The molecule has 0 spiro atoms. The zero-order valence-corrected chi connectivity index (χ0v) is 16.2. The predicted molar refractivity (Wildman–Crippen MR) is 112 cm³/mol. The molecule has 0 amide bonds. The molecule has 6 nitrogen and oxygen atoms in total. The van der Waals surface area contributed by atoms with E-state index in [-0.39, 0.29) is 19.0 Å². The number of nitriles is 1. The Hall–Kier alpha value is -2.91. The van der Waals surface area contributed by atoms with Gasteiger partial charge < -0.3 is 15.7 Å². The third kappa shape index (κ3) is 3.46. The van der Waals surface area contributed by atoms with Gasteiger partial charge in [0.2, 0.25) is 5.95 Å². The Morgan fingerprint density at radius 1 is 1.36 bits per heavy atom. The third-order valence-electron chi connectivity index (χ3n) is 6.00. The fraction of sp³-hybridized carbons (Fsp3) is 0.409. The summed E-state index contributed by atoms with van der Waals surface area (Å²) in [6.45, 7) is 4.76. The lowest BCUT2D eigenvalue weighted by Crippen LogP contribution is -2.57.